The van der Waals surface area contributed by atoms with Crippen LogP contribution in [0, 0.1) is 0 Å². The number of halogens is 1. The average Bonchev–Trinajstić information content (AvgIpc) is 3.14. The molecular formula is C20H21ClN4OS. The maximum Gasteiger partial charge on any atom is 0.223 e. The van der Waals surface area contributed by atoms with Gasteiger partial charge in [0.15, 0.2) is 5.65 Å². The quantitative estimate of drug-likeness (QED) is 0.600. The van der Waals surface area contributed by atoms with E-state index < -0.39 is 0 Å². The van der Waals surface area contributed by atoms with Crippen molar-refractivity contribution in [3.05, 3.63) is 59.5 Å². The van der Waals surface area contributed by atoms with Gasteiger partial charge in [-0.25, -0.2) is 0 Å². The first kappa shape index (κ1) is 18.3. The van der Waals surface area contributed by atoms with Gasteiger partial charge < -0.3 is 4.90 Å². The zero-order valence-corrected chi connectivity index (χ0v) is 16.5. The molecule has 0 aliphatic carbocycles. The lowest BCUT2D eigenvalue weighted by Gasteiger charge is -2.32. The van der Waals surface area contributed by atoms with Gasteiger partial charge in [0.25, 0.3) is 0 Å². The molecule has 4 rings (SSSR count). The highest BCUT2D eigenvalue weighted by Crippen LogP contribution is 2.27. The van der Waals surface area contributed by atoms with E-state index in [9.17, 15) is 4.79 Å². The highest BCUT2D eigenvalue weighted by molar-refractivity contribution is 7.99. The number of rotatable bonds is 5. The molecule has 0 N–H and O–H groups in total. The molecule has 7 heteroatoms. The number of fused-ring (bicyclic) bond motifs is 1. The Morgan fingerprint density at radius 1 is 1.19 bits per heavy atom. The third kappa shape index (κ3) is 4.28. The first-order valence-electron chi connectivity index (χ1n) is 9.16. The molecule has 140 valence electrons. The van der Waals surface area contributed by atoms with Crippen molar-refractivity contribution in [2.45, 2.75) is 30.1 Å². The minimum atomic E-state index is 0.218. The summed E-state index contributed by atoms with van der Waals surface area (Å²) >= 11 is 7.60. The average molecular weight is 401 g/mol. The number of hydrogen-bond donors (Lipinski definition) is 0. The molecular weight excluding hydrogens is 380 g/mol. The number of thioether (sulfide) groups is 1. The Morgan fingerprint density at radius 3 is 2.89 bits per heavy atom. The van der Waals surface area contributed by atoms with Gasteiger partial charge in [-0.15, -0.1) is 22.0 Å². The van der Waals surface area contributed by atoms with Crippen molar-refractivity contribution < 1.29 is 4.79 Å². The number of amides is 1. The van der Waals surface area contributed by atoms with E-state index in [0.717, 1.165) is 53.1 Å². The van der Waals surface area contributed by atoms with Gasteiger partial charge in [0, 0.05) is 47.3 Å². The molecule has 1 aliphatic rings. The first-order valence-corrected chi connectivity index (χ1v) is 10.5. The van der Waals surface area contributed by atoms with Crippen LogP contribution in [-0.2, 0) is 4.79 Å². The van der Waals surface area contributed by atoms with E-state index in [-0.39, 0.29) is 11.8 Å². The van der Waals surface area contributed by atoms with Crippen LogP contribution in [-0.4, -0.2) is 44.2 Å². The third-order valence-corrected chi connectivity index (χ3v) is 6.14. The minimum absolute atomic E-state index is 0.218. The monoisotopic (exact) mass is 400 g/mol. The van der Waals surface area contributed by atoms with Gasteiger partial charge in [-0.3, -0.25) is 9.20 Å². The van der Waals surface area contributed by atoms with E-state index >= 15 is 0 Å². The van der Waals surface area contributed by atoms with Gasteiger partial charge in [0.1, 0.15) is 5.82 Å². The van der Waals surface area contributed by atoms with E-state index in [2.05, 4.69) is 10.2 Å². The molecule has 2 aromatic heterocycles. The molecule has 0 bridgehead atoms. The lowest BCUT2D eigenvalue weighted by molar-refractivity contribution is -0.132. The lowest BCUT2D eigenvalue weighted by Crippen LogP contribution is -2.39. The second-order valence-electron chi connectivity index (χ2n) is 6.72. The summed E-state index contributed by atoms with van der Waals surface area (Å²) in [5.74, 6) is 2.19. The largest absolute Gasteiger partial charge is 0.342 e. The molecule has 0 saturated carbocycles. The Balaban J connectivity index is 1.35. The Kier molecular flexibility index (Phi) is 5.64. The zero-order valence-electron chi connectivity index (χ0n) is 14.9. The van der Waals surface area contributed by atoms with Crippen molar-refractivity contribution in [2.75, 3.05) is 18.8 Å². The second kappa shape index (κ2) is 8.31. The Hall–Kier alpha value is -2.05. The van der Waals surface area contributed by atoms with E-state index in [0.29, 0.717) is 6.42 Å². The van der Waals surface area contributed by atoms with Crippen LogP contribution < -0.4 is 0 Å². The maximum atomic E-state index is 12.7. The Bertz CT molecular complexity index is 927. The third-order valence-electron chi connectivity index (χ3n) is 4.88. The number of benzene rings is 1. The zero-order chi connectivity index (χ0) is 18.6. The van der Waals surface area contributed by atoms with Gasteiger partial charge in [-0.2, -0.15) is 0 Å². The van der Waals surface area contributed by atoms with Crippen LogP contribution in [0.1, 0.15) is 31.0 Å². The molecule has 0 spiro atoms. The number of pyridine rings is 1. The summed E-state index contributed by atoms with van der Waals surface area (Å²) in [5, 5.41) is 9.36. The van der Waals surface area contributed by atoms with Crippen LogP contribution in [0.25, 0.3) is 5.65 Å². The van der Waals surface area contributed by atoms with Crippen LogP contribution in [0.5, 0.6) is 0 Å². The fourth-order valence-corrected chi connectivity index (χ4v) is 4.46. The van der Waals surface area contributed by atoms with Gasteiger partial charge in [-0.05, 0) is 49.2 Å². The van der Waals surface area contributed by atoms with E-state index in [1.807, 2.05) is 58.0 Å². The predicted molar refractivity (Wildman–Crippen MR) is 108 cm³/mol. The summed E-state index contributed by atoms with van der Waals surface area (Å²) < 4.78 is 2.04. The number of piperidine rings is 1. The molecule has 3 aromatic rings. The van der Waals surface area contributed by atoms with Crippen molar-refractivity contribution in [3.8, 4) is 0 Å². The van der Waals surface area contributed by atoms with Crippen LogP contribution in [0.15, 0.2) is 53.6 Å². The SMILES string of the molecule is O=C(CCSc1ccc(Cl)cc1)N1CCCC(c2nnc3ccccn23)C1. The molecule has 1 aliphatic heterocycles. The van der Waals surface area contributed by atoms with Crippen molar-refractivity contribution >= 4 is 34.9 Å². The predicted octanol–water partition coefficient (Wildman–Crippen LogP) is 4.27. The molecule has 5 nitrogen and oxygen atoms in total. The standard InChI is InChI=1S/C20H21ClN4OS/c21-16-6-8-17(9-7-16)27-13-10-19(26)24-11-3-4-15(14-24)20-23-22-18-5-1-2-12-25(18)20/h1-2,5-9,12,15H,3-4,10-11,13-14H2. The molecule has 1 atom stereocenters. The fourth-order valence-electron chi connectivity index (χ4n) is 3.50. The fraction of sp³-hybridized carbons (Fsp3) is 0.350. The first-order chi connectivity index (χ1) is 13.2. The highest BCUT2D eigenvalue weighted by Gasteiger charge is 2.27. The molecule has 1 fully saturated rings. The van der Waals surface area contributed by atoms with E-state index in [1.54, 1.807) is 11.8 Å². The van der Waals surface area contributed by atoms with Gasteiger partial charge in [0.05, 0.1) is 0 Å². The maximum absolute atomic E-state index is 12.7. The second-order valence-corrected chi connectivity index (χ2v) is 8.32. The van der Waals surface area contributed by atoms with E-state index in [4.69, 9.17) is 11.6 Å². The van der Waals surface area contributed by atoms with Gasteiger partial charge >= 0.3 is 0 Å². The number of hydrogen-bond acceptors (Lipinski definition) is 4. The summed E-state index contributed by atoms with van der Waals surface area (Å²) in [7, 11) is 0. The van der Waals surface area contributed by atoms with Crippen LogP contribution in [0.2, 0.25) is 5.02 Å². The molecule has 1 aromatic carbocycles. The summed E-state index contributed by atoms with van der Waals surface area (Å²) in [6, 6.07) is 13.6. The summed E-state index contributed by atoms with van der Waals surface area (Å²) in [6.45, 7) is 1.55. The minimum Gasteiger partial charge on any atom is -0.342 e. The summed E-state index contributed by atoms with van der Waals surface area (Å²) in [4.78, 5) is 15.8. The highest BCUT2D eigenvalue weighted by atomic mass is 35.5. The normalized spacial score (nSPS) is 17.4. The smallest absolute Gasteiger partial charge is 0.223 e. The molecule has 27 heavy (non-hydrogen) atoms. The van der Waals surface area contributed by atoms with Crippen molar-refractivity contribution in [2.24, 2.45) is 0 Å². The molecule has 0 radical (unpaired) electrons. The van der Waals surface area contributed by atoms with Crippen LogP contribution in [0.4, 0.5) is 0 Å². The number of nitrogens with zero attached hydrogens (tertiary/aromatic N) is 4. The number of carbonyl (C=O) groups excluding carboxylic acids is 1. The van der Waals surface area contributed by atoms with Crippen molar-refractivity contribution in [1.29, 1.82) is 0 Å². The summed E-state index contributed by atoms with van der Waals surface area (Å²) in [5.41, 5.74) is 0.857. The van der Waals surface area contributed by atoms with E-state index in [1.165, 1.54) is 0 Å². The Morgan fingerprint density at radius 2 is 2.04 bits per heavy atom. The topological polar surface area (TPSA) is 50.5 Å². The molecule has 1 saturated heterocycles. The Labute approximate surface area is 167 Å². The lowest BCUT2D eigenvalue weighted by atomic mass is 9.97. The van der Waals surface area contributed by atoms with Gasteiger partial charge in [0.2, 0.25) is 5.91 Å². The number of carbonyl (C=O) groups is 1. The van der Waals surface area contributed by atoms with Crippen molar-refractivity contribution in [3.63, 3.8) is 0 Å². The number of likely N-dealkylation sites (tertiary alicyclic amines) is 1. The summed E-state index contributed by atoms with van der Waals surface area (Å²) in [6.07, 6.45) is 4.58. The van der Waals surface area contributed by atoms with Crippen LogP contribution in [0.3, 0.4) is 0 Å². The van der Waals surface area contributed by atoms with Crippen LogP contribution >= 0.6 is 23.4 Å². The molecule has 3 heterocycles. The number of aromatic nitrogens is 3. The molecule has 1 amide bonds. The van der Waals surface area contributed by atoms with Crippen molar-refractivity contribution in [1.82, 2.24) is 19.5 Å². The van der Waals surface area contributed by atoms with Gasteiger partial charge in [-0.1, -0.05) is 17.7 Å². The molecule has 1 unspecified atom stereocenters.